The van der Waals surface area contributed by atoms with E-state index in [1.807, 2.05) is 30.3 Å². The number of benzene rings is 1. The summed E-state index contributed by atoms with van der Waals surface area (Å²) in [6.45, 7) is 0.446. The van der Waals surface area contributed by atoms with E-state index in [9.17, 15) is 9.59 Å². The maximum Gasteiger partial charge on any atom is 0.250 e. The quantitative estimate of drug-likeness (QED) is 0.898. The maximum atomic E-state index is 11.8. The molecular formula is C16H18N2O2. The number of carbonyl (C=O) groups excluding carboxylic acids is 1. The van der Waals surface area contributed by atoms with Crippen LogP contribution < -0.4 is 10.9 Å². The van der Waals surface area contributed by atoms with E-state index in [2.05, 4.69) is 5.32 Å². The molecule has 0 aliphatic rings. The van der Waals surface area contributed by atoms with Gasteiger partial charge in [0, 0.05) is 32.3 Å². The van der Waals surface area contributed by atoms with Gasteiger partial charge in [-0.3, -0.25) is 9.59 Å². The second-order valence-electron chi connectivity index (χ2n) is 4.75. The number of aromatic nitrogens is 1. The van der Waals surface area contributed by atoms with E-state index < -0.39 is 0 Å². The van der Waals surface area contributed by atoms with Gasteiger partial charge in [-0.15, -0.1) is 0 Å². The smallest absolute Gasteiger partial charge is 0.250 e. The third-order valence-corrected chi connectivity index (χ3v) is 3.12. The summed E-state index contributed by atoms with van der Waals surface area (Å²) in [5.74, 6) is 0.0164. The van der Waals surface area contributed by atoms with Crippen molar-refractivity contribution >= 4 is 5.91 Å². The van der Waals surface area contributed by atoms with Crippen molar-refractivity contribution in [3.63, 3.8) is 0 Å². The Balaban J connectivity index is 1.80. The van der Waals surface area contributed by atoms with Crippen LogP contribution in [0, 0.1) is 0 Å². The van der Waals surface area contributed by atoms with Crippen molar-refractivity contribution in [1.29, 1.82) is 0 Å². The molecule has 1 amide bonds. The topological polar surface area (TPSA) is 51.1 Å². The van der Waals surface area contributed by atoms with Crippen molar-refractivity contribution in [3.8, 4) is 0 Å². The summed E-state index contributed by atoms with van der Waals surface area (Å²) in [4.78, 5) is 23.0. The first-order chi connectivity index (χ1) is 9.65. The zero-order valence-electron chi connectivity index (χ0n) is 11.5. The molecule has 1 aromatic heterocycles. The van der Waals surface area contributed by atoms with E-state index in [1.54, 1.807) is 19.3 Å². The molecule has 0 saturated carbocycles. The van der Waals surface area contributed by atoms with E-state index in [0.717, 1.165) is 17.5 Å². The van der Waals surface area contributed by atoms with Crippen molar-refractivity contribution < 1.29 is 4.79 Å². The maximum absolute atomic E-state index is 11.8. The highest BCUT2D eigenvalue weighted by Crippen LogP contribution is 2.02. The first kappa shape index (κ1) is 14.1. The standard InChI is InChI=1S/C16H18N2O2/c1-18-12-14(8-10-16(18)20)11-17-15(19)9-7-13-5-3-2-4-6-13/h2-6,8,10,12H,7,9,11H2,1H3,(H,17,19). The number of nitrogens with one attached hydrogen (secondary N) is 1. The third kappa shape index (κ3) is 4.09. The number of rotatable bonds is 5. The minimum atomic E-state index is -0.0517. The highest BCUT2D eigenvalue weighted by Gasteiger charge is 2.02. The first-order valence-electron chi connectivity index (χ1n) is 6.61. The highest BCUT2D eigenvalue weighted by atomic mass is 16.1. The van der Waals surface area contributed by atoms with E-state index in [1.165, 1.54) is 10.6 Å². The predicted octanol–water partition coefficient (Wildman–Crippen LogP) is 1.63. The molecule has 1 N–H and O–H groups in total. The molecule has 4 heteroatoms. The lowest BCUT2D eigenvalue weighted by Crippen LogP contribution is -2.24. The molecule has 104 valence electrons. The van der Waals surface area contributed by atoms with E-state index in [0.29, 0.717) is 13.0 Å². The van der Waals surface area contributed by atoms with Crippen LogP contribution in [-0.2, 0) is 24.8 Å². The van der Waals surface area contributed by atoms with Crippen LogP contribution in [0.25, 0.3) is 0 Å². The Labute approximate surface area is 118 Å². The second kappa shape index (κ2) is 6.70. The number of aryl methyl sites for hydroxylation is 2. The SMILES string of the molecule is Cn1cc(CNC(=O)CCc2ccccc2)ccc1=O. The molecule has 0 aliphatic heterocycles. The second-order valence-corrected chi connectivity index (χ2v) is 4.75. The first-order valence-corrected chi connectivity index (χ1v) is 6.61. The molecule has 4 nitrogen and oxygen atoms in total. The summed E-state index contributed by atoms with van der Waals surface area (Å²) >= 11 is 0. The number of amides is 1. The van der Waals surface area contributed by atoms with Crippen LogP contribution in [0.15, 0.2) is 53.5 Å². The Morgan fingerprint density at radius 1 is 1.10 bits per heavy atom. The van der Waals surface area contributed by atoms with Crippen LogP contribution in [0.3, 0.4) is 0 Å². The molecule has 0 aliphatic carbocycles. The fraction of sp³-hybridized carbons (Fsp3) is 0.250. The zero-order chi connectivity index (χ0) is 14.4. The summed E-state index contributed by atoms with van der Waals surface area (Å²) in [6.07, 6.45) is 2.94. The number of hydrogen-bond donors (Lipinski definition) is 1. The molecule has 0 unspecified atom stereocenters. The van der Waals surface area contributed by atoms with Crippen molar-refractivity contribution in [2.24, 2.45) is 7.05 Å². The van der Waals surface area contributed by atoms with Gasteiger partial charge in [-0.1, -0.05) is 36.4 Å². The molecule has 0 atom stereocenters. The van der Waals surface area contributed by atoms with Gasteiger partial charge in [0.05, 0.1) is 0 Å². The van der Waals surface area contributed by atoms with Gasteiger partial charge in [-0.25, -0.2) is 0 Å². The molecule has 2 aromatic rings. The zero-order valence-corrected chi connectivity index (χ0v) is 11.5. The minimum absolute atomic E-state index is 0.0164. The van der Waals surface area contributed by atoms with E-state index in [4.69, 9.17) is 0 Å². The number of carbonyl (C=O) groups is 1. The fourth-order valence-corrected chi connectivity index (χ4v) is 1.95. The van der Waals surface area contributed by atoms with E-state index in [-0.39, 0.29) is 11.5 Å². The summed E-state index contributed by atoms with van der Waals surface area (Å²) < 4.78 is 1.51. The Bertz CT molecular complexity index is 632. The van der Waals surface area contributed by atoms with Gasteiger partial charge in [0.25, 0.3) is 0 Å². The van der Waals surface area contributed by atoms with Crippen LogP contribution in [0.4, 0.5) is 0 Å². The number of nitrogens with zero attached hydrogens (tertiary/aromatic N) is 1. The lowest BCUT2D eigenvalue weighted by Gasteiger charge is -2.06. The lowest BCUT2D eigenvalue weighted by molar-refractivity contribution is -0.121. The van der Waals surface area contributed by atoms with Crippen LogP contribution in [0.1, 0.15) is 17.5 Å². The molecule has 20 heavy (non-hydrogen) atoms. The number of pyridine rings is 1. The summed E-state index contributed by atoms with van der Waals surface area (Å²) in [5.41, 5.74) is 2.02. The molecular weight excluding hydrogens is 252 g/mol. The van der Waals surface area contributed by atoms with Crippen LogP contribution in [0.2, 0.25) is 0 Å². The van der Waals surface area contributed by atoms with Crippen molar-refractivity contribution in [2.75, 3.05) is 0 Å². The Morgan fingerprint density at radius 2 is 1.85 bits per heavy atom. The fourth-order valence-electron chi connectivity index (χ4n) is 1.95. The van der Waals surface area contributed by atoms with E-state index >= 15 is 0 Å². The molecule has 1 aromatic carbocycles. The van der Waals surface area contributed by atoms with Crippen molar-refractivity contribution in [1.82, 2.24) is 9.88 Å². The average molecular weight is 270 g/mol. The van der Waals surface area contributed by atoms with Gasteiger partial charge in [0.15, 0.2) is 0 Å². The summed E-state index contributed by atoms with van der Waals surface area (Å²) in [6, 6.07) is 13.2. The third-order valence-electron chi connectivity index (χ3n) is 3.12. The monoisotopic (exact) mass is 270 g/mol. The number of hydrogen-bond acceptors (Lipinski definition) is 2. The average Bonchev–Trinajstić information content (AvgIpc) is 2.47. The van der Waals surface area contributed by atoms with Crippen LogP contribution >= 0.6 is 0 Å². The molecule has 1 heterocycles. The Kier molecular flexibility index (Phi) is 4.71. The molecule has 0 bridgehead atoms. The molecule has 0 spiro atoms. The Hall–Kier alpha value is -2.36. The van der Waals surface area contributed by atoms with Crippen molar-refractivity contribution in [3.05, 3.63) is 70.1 Å². The van der Waals surface area contributed by atoms with Gasteiger partial charge < -0.3 is 9.88 Å². The normalized spacial score (nSPS) is 10.2. The highest BCUT2D eigenvalue weighted by molar-refractivity contribution is 5.76. The van der Waals surface area contributed by atoms with Gasteiger partial charge in [-0.05, 0) is 17.5 Å². The predicted molar refractivity (Wildman–Crippen MR) is 78.3 cm³/mol. The molecule has 0 radical (unpaired) electrons. The van der Waals surface area contributed by atoms with Gasteiger partial charge in [0.1, 0.15) is 0 Å². The molecule has 0 saturated heterocycles. The van der Waals surface area contributed by atoms with Crippen LogP contribution in [0.5, 0.6) is 0 Å². The van der Waals surface area contributed by atoms with Crippen molar-refractivity contribution in [2.45, 2.75) is 19.4 Å². The lowest BCUT2D eigenvalue weighted by atomic mass is 10.1. The Morgan fingerprint density at radius 3 is 2.55 bits per heavy atom. The largest absolute Gasteiger partial charge is 0.352 e. The van der Waals surface area contributed by atoms with Gasteiger partial charge >= 0.3 is 0 Å². The summed E-state index contributed by atoms with van der Waals surface area (Å²) in [5, 5.41) is 2.86. The molecule has 0 fully saturated rings. The van der Waals surface area contributed by atoms with Crippen LogP contribution in [-0.4, -0.2) is 10.5 Å². The molecule has 2 rings (SSSR count). The summed E-state index contributed by atoms with van der Waals surface area (Å²) in [7, 11) is 1.70. The van der Waals surface area contributed by atoms with Gasteiger partial charge in [0.2, 0.25) is 11.5 Å². The van der Waals surface area contributed by atoms with Gasteiger partial charge in [-0.2, -0.15) is 0 Å². The minimum Gasteiger partial charge on any atom is -0.352 e.